The summed E-state index contributed by atoms with van der Waals surface area (Å²) >= 11 is 0. The second kappa shape index (κ2) is 7.02. The first-order valence-corrected chi connectivity index (χ1v) is 8.32. The second-order valence-electron chi connectivity index (χ2n) is 6.83. The Morgan fingerprint density at radius 1 is 1.38 bits per heavy atom. The summed E-state index contributed by atoms with van der Waals surface area (Å²) in [5.74, 6) is 1.67. The molecule has 0 aromatic carbocycles. The molecule has 0 aromatic rings. The van der Waals surface area contributed by atoms with E-state index in [0.29, 0.717) is 29.5 Å². The van der Waals surface area contributed by atoms with Gasteiger partial charge in [0.25, 0.3) is 0 Å². The van der Waals surface area contributed by atoms with Crippen molar-refractivity contribution in [1.82, 2.24) is 10.6 Å². The summed E-state index contributed by atoms with van der Waals surface area (Å²) in [6.45, 7) is 5.36. The van der Waals surface area contributed by atoms with E-state index in [2.05, 4.69) is 29.5 Å². The lowest BCUT2D eigenvalue weighted by Crippen LogP contribution is -2.69. The molecule has 0 aromatic heterocycles. The van der Waals surface area contributed by atoms with Gasteiger partial charge in [0.05, 0.1) is 6.10 Å². The van der Waals surface area contributed by atoms with Gasteiger partial charge in [0.15, 0.2) is 5.96 Å². The number of halogens is 1. The van der Waals surface area contributed by atoms with Crippen molar-refractivity contribution in [2.75, 3.05) is 13.7 Å². The van der Waals surface area contributed by atoms with Gasteiger partial charge in [-0.3, -0.25) is 4.99 Å². The summed E-state index contributed by atoms with van der Waals surface area (Å²) < 4.78 is 6.04. The van der Waals surface area contributed by atoms with E-state index in [4.69, 9.17) is 4.74 Å². The molecule has 1 spiro atoms. The molecule has 122 valence electrons. The summed E-state index contributed by atoms with van der Waals surface area (Å²) in [4.78, 5) is 4.42. The molecule has 1 saturated heterocycles. The van der Waals surface area contributed by atoms with Gasteiger partial charge in [-0.1, -0.05) is 19.8 Å². The summed E-state index contributed by atoms with van der Waals surface area (Å²) in [6.07, 6.45) is 8.22. The maximum atomic E-state index is 6.04. The normalized spacial score (nSPS) is 34.8. The van der Waals surface area contributed by atoms with E-state index in [9.17, 15) is 0 Å². The molecule has 3 rings (SSSR count). The average molecular weight is 407 g/mol. The Kier molecular flexibility index (Phi) is 5.79. The lowest BCUT2D eigenvalue weighted by molar-refractivity contribution is -0.125. The number of nitrogens with zero attached hydrogens (tertiary/aromatic N) is 1. The standard InChI is InChI=1S/C16H29N3O.HI/c1-4-11(2)18-15(17-3)19-13-12-7-10-20-14(12)16(13)8-5-6-9-16;/h11-14H,4-10H2,1-3H3,(H2,17,18,19);1H. The van der Waals surface area contributed by atoms with Gasteiger partial charge in [-0.2, -0.15) is 0 Å². The van der Waals surface area contributed by atoms with Crippen LogP contribution in [0.3, 0.4) is 0 Å². The smallest absolute Gasteiger partial charge is 0.191 e. The quantitative estimate of drug-likeness (QED) is 0.430. The number of aliphatic imine (C=N–C) groups is 1. The molecule has 2 N–H and O–H groups in total. The molecule has 3 fully saturated rings. The molecule has 1 heterocycles. The zero-order chi connectivity index (χ0) is 14.2. The third-order valence-electron chi connectivity index (χ3n) is 5.80. The van der Waals surface area contributed by atoms with Crippen molar-refractivity contribution < 1.29 is 4.74 Å². The largest absolute Gasteiger partial charge is 0.377 e. The minimum atomic E-state index is 0. The van der Waals surface area contributed by atoms with Crippen LogP contribution in [-0.4, -0.2) is 37.8 Å². The van der Waals surface area contributed by atoms with Crippen LogP contribution in [-0.2, 0) is 4.74 Å². The molecule has 0 bridgehead atoms. The number of fused-ring (bicyclic) bond motifs is 2. The number of hydrogen-bond donors (Lipinski definition) is 2. The highest BCUT2D eigenvalue weighted by molar-refractivity contribution is 14.0. The monoisotopic (exact) mass is 407 g/mol. The Morgan fingerprint density at radius 3 is 2.71 bits per heavy atom. The van der Waals surface area contributed by atoms with Crippen molar-refractivity contribution in [2.45, 2.75) is 70.6 Å². The predicted octanol–water partition coefficient (Wildman–Crippen LogP) is 2.92. The van der Waals surface area contributed by atoms with Crippen molar-refractivity contribution in [3.8, 4) is 0 Å². The second-order valence-corrected chi connectivity index (χ2v) is 6.83. The lowest BCUT2D eigenvalue weighted by Gasteiger charge is -2.57. The van der Waals surface area contributed by atoms with E-state index in [-0.39, 0.29) is 24.0 Å². The Bertz CT molecular complexity index is 382. The Hall–Kier alpha value is -0.0400. The minimum absolute atomic E-state index is 0. The van der Waals surface area contributed by atoms with Crippen LogP contribution in [0.25, 0.3) is 0 Å². The molecule has 21 heavy (non-hydrogen) atoms. The van der Waals surface area contributed by atoms with Gasteiger partial charge in [0.2, 0.25) is 0 Å². The first-order valence-electron chi connectivity index (χ1n) is 8.32. The SMILES string of the molecule is CCC(C)NC(=NC)NC1C2CCOC2C12CCCC2.I. The molecule has 4 nitrogen and oxygen atoms in total. The van der Waals surface area contributed by atoms with Crippen molar-refractivity contribution in [3.05, 3.63) is 0 Å². The highest BCUT2D eigenvalue weighted by Crippen LogP contribution is 2.60. The van der Waals surface area contributed by atoms with Crippen molar-refractivity contribution in [1.29, 1.82) is 0 Å². The molecule has 0 radical (unpaired) electrons. The first kappa shape index (κ1) is 17.3. The number of rotatable bonds is 3. The maximum Gasteiger partial charge on any atom is 0.191 e. The lowest BCUT2D eigenvalue weighted by atomic mass is 9.54. The van der Waals surface area contributed by atoms with Crippen LogP contribution in [0.1, 0.15) is 52.4 Å². The molecule has 4 atom stereocenters. The van der Waals surface area contributed by atoms with Crippen molar-refractivity contribution >= 4 is 29.9 Å². The molecule has 4 unspecified atom stereocenters. The van der Waals surface area contributed by atoms with E-state index in [1.807, 2.05) is 7.05 Å². The van der Waals surface area contributed by atoms with Crippen LogP contribution < -0.4 is 10.6 Å². The van der Waals surface area contributed by atoms with Gasteiger partial charge in [-0.05, 0) is 32.6 Å². The molecule has 5 heteroatoms. The molecule has 0 amide bonds. The first-order chi connectivity index (χ1) is 9.71. The molecule has 1 aliphatic heterocycles. The Morgan fingerprint density at radius 2 is 2.10 bits per heavy atom. The number of ether oxygens (including phenoxy) is 1. The van der Waals surface area contributed by atoms with Crippen LogP contribution in [0.2, 0.25) is 0 Å². The maximum absolute atomic E-state index is 6.04. The Balaban J connectivity index is 0.00000161. The minimum Gasteiger partial charge on any atom is -0.377 e. The number of guanidine groups is 1. The van der Waals surface area contributed by atoms with Crippen LogP contribution in [0.15, 0.2) is 4.99 Å². The molecule has 2 aliphatic carbocycles. The van der Waals surface area contributed by atoms with Crippen LogP contribution >= 0.6 is 24.0 Å². The average Bonchev–Trinajstić information content (AvgIpc) is 3.10. The zero-order valence-electron chi connectivity index (χ0n) is 13.5. The summed E-state index contributed by atoms with van der Waals surface area (Å²) in [6, 6.07) is 1.03. The molecule has 2 saturated carbocycles. The number of nitrogens with one attached hydrogen (secondary N) is 2. The van der Waals surface area contributed by atoms with Gasteiger partial charge in [-0.25, -0.2) is 0 Å². The van der Waals surface area contributed by atoms with Crippen LogP contribution in [0.4, 0.5) is 0 Å². The van der Waals surface area contributed by atoms with E-state index in [0.717, 1.165) is 19.0 Å². The van der Waals surface area contributed by atoms with Crippen molar-refractivity contribution in [3.63, 3.8) is 0 Å². The fourth-order valence-electron chi connectivity index (χ4n) is 4.56. The van der Waals surface area contributed by atoms with Gasteiger partial charge in [-0.15, -0.1) is 24.0 Å². The topological polar surface area (TPSA) is 45.7 Å². The van der Waals surface area contributed by atoms with Crippen LogP contribution in [0, 0.1) is 11.3 Å². The van der Waals surface area contributed by atoms with E-state index < -0.39 is 0 Å². The molecular formula is C16H30IN3O. The van der Waals surface area contributed by atoms with Gasteiger partial charge < -0.3 is 15.4 Å². The third-order valence-corrected chi connectivity index (χ3v) is 5.80. The van der Waals surface area contributed by atoms with E-state index in [1.54, 1.807) is 0 Å². The number of hydrogen-bond acceptors (Lipinski definition) is 2. The Labute approximate surface area is 145 Å². The van der Waals surface area contributed by atoms with E-state index >= 15 is 0 Å². The zero-order valence-corrected chi connectivity index (χ0v) is 15.9. The van der Waals surface area contributed by atoms with Gasteiger partial charge in [0.1, 0.15) is 0 Å². The van der Waals surface area contributed by atoms with Gasteiger partial charge >= 0.3 is 0 Å². The highest BCUT2D eigenvalue weighted by atomic mass is 127. The van der Waals surface area contributed by atoms with Gasteiger partial charge in [0, 0.05) is 37.1 Å². The summed E-state index contributed by atoms with van der Waals surface area (Å²) in [5.41, 5.74) is 0.397. The molecular weight excluding hydrogens is 377 g/mol. The van der Waals surface area contributed by atoms with E-state index in [1.165, 1.54) is 32.1 Å². The fraction of sp³-hybridized carbons (Fsp3) is 0.938. The van der Waals surface area contributed by atoms with Crippen LogP contribution in [0.5, 0.6) is 0 Å². The fourth-order valence-corrected chi connectivity index (χ4v) is 4.56. The highest BCUT2D eigenvalue weighted by Gasteiger charge is 2.65. The predicted molar refractivity (Wildman–Crippen MR) is 97.3 cm³/mol. The summed E-state index contributed by atoms with van der Waals surface area (Å²) in [7, 11) is 1.88. The van der Waals surface area contributed by atoms with Crippen molar-refractivity contribution in [2.24, 2.45) is 16.3 Å². The summed E-state index contributed by atoms with van der Waals surface area (Å²) in [5, 5.41) is 7.23. The molecule has 3 aliphatic rings. The third kappa shape index (κ3) is 2.92.